The van der Waals surface area contributed by atoms with Crippen LogP contribution >= 0.6 is 0 Å². The summed E-state index contributed by atoms with van der Waals surface area (Å²) in [5.41, 5.74) is 2.61. The fourth-order valence-corrected chi connectivity index (χ4v) is 3.92. The molecule has 5 heteroatoms. The zero-order valence-electron chi connectivity index (χ0n) is 14.5. The van der Waals surface area contributed by atoms with Gasteiger partial charge in [-0.25, -0.2) is 4.39 Å². The highest BCUT2D eigenvalue weighted by Crippen LogP contribution is 2.31. The fourth-order valence-electron chi connectivity index (χ4n) is 3.92. The smallest absolute Gasteiger partial charge is 0.253 e. The summed E-state index contributed by atoms with van der Waals surface area (Å²) in [6.45, 7) is 1.79. The zero-order valence-corrected chi connectivity index (χ0v) is 14.5. The molecule has 26 heavy (non-hydrogen) atoms. The molecule has 0 bridgehead atoms. The van der Waals surface area contributed by atoms with Crippen molar-refractivity contribution in [1.82, 2.24) is 4.90 Å². The topological polar surface area (TPSA) is 40.6 Å². The second-order valence-corrected chi connectivity index (χ2v) is 6.95. The average Bonchev–Trinajstić information content (AvgIpc) is 3.11. The maximum absolute atomic E-state index is 13.3. The minimum atomic E-state index is -0.409. The van der Waals surface area contributed by atoms with Crippen molar-refractivity contribution in [2.24, 2.45) is 5.92 Å². The Morgan fingerprint density at radius 2 is 1.73 bits per heavy atom. The Morgan fingerprint density at radius 1 is 0.962 bits per heavy atom. The molecule has 0 spiro atoms. The number of likely N-dealkylation sites (tertiary alicyclic amines) is 1. The maximum atomic E-state index is 13.3. The van der Waals surface area contributed by atoms with Crippen molar-refractivity contribution in [2.75, 3.05) is 24.5 Å². The van der Waals surface area contributed by atoms with Gasteiger partial charge < -0.3 is 9.80 Å². The van der Waals surface area contributed by atoms with Crippen LogP contribution in [0.2, 0.25) is 0 Å². The summed E-state index contributed by atoms with van der Waals surface area (Å²) in [6, 6.07) is 13.8. The number of carbonyl (C=O) groups is 2. The van der Waals surface area contributed by atoms with Crippen molar-refractivity contribution >= 4 is 17.5 Å². The number of amides is 2. The third-order valence-electron chi connectivity index (χ3n) is 5.36. The Bertz CT molecular complexity index is 843. The summed E-state index contributed by atoms with van der Waals surface area (Å²) in [5, 5.41) is 0. The molecule has 0 unspecified atom stereocenters. The molecule has 2 aliphatic heterocycles. The Morgan fingerprint density at radius 3 is 2.50 bits per heavy atom. The summed E-state index contributed by atoms with van der Waals surface area (Å²) < 4.78 is 13.3. The largest absolute Gasteiger partial charge is 0.339 e. The summed E-state index contributed by atoms with van der Waals surface area (Å²) in [6.07, 6.45) is 2.20. The van der Waals surface area contributed by atoms with Gasteiger partial charge in [-0.3, -0.25) is 9.59 Å². The minimum Gasteiger partial charge on any atom is -0.339 e. The lowest BCUT2D eigenvalue weighted by Crippen LogP contribution is -2.44. The predicted molar refractivity (Wildman–Crippen MR) is 97.5 cm³/mol. The number of hydrogen-bond donors (Lipinski definition) is 0. The molecule has 2 amide bonds. The molecule has 2 aliphatic rings. The first-order chi connectivity index (χ1) is 12.6. The number of halogens is 1. The van der Waals surface area contributed by atoms with Gasteiger partial charge in [-0.1, -0.05) is 24.3 Å². The second kappa shape index (κ2) is 6.90. The van der Waals surface area contributed by atoms with Crippen molar-refractivity contribution < 1.29 is 14.0 Å². The Balaban J connectivity index is 1.39. The van der Waals surface area contributed by atoms with Crippen LogP contribution in [0.1, 0.15) is 28.8 Å². The second-order valence-electron chi connectivity index (χ2n) is 6.95. The van der Waals surface area contributed by atoms with Crippen LogP contribution in [0.4, 0.5) is 10.1 Å². The minimum absolute atomic E-state index is 0.0577. The summed E-state index contributed by atoms with van der Waals surface area (Å²) in [4.78, 5) is 29.1. The molecular formula is C21H21FN2O2. The van der Waals surface area contributed by atoms with Crippen molar-refractivity contribution in [1.29, 1.82) is 0 Å². The van der Waals surface area contributed by atoms with E-state index in [9.17, 15) is 14.0 Å². The molecule has 2 heterocycles. The third-order valence-corrected chi connectivity index (χ3v) is 5.36. The quantitative estimate of drug-likeness (QED) is 0.832. The first-order valence-corrected chi connectivity index (χ1v) is 9.07. The van der Waals surface area contributed by atoms with Gasteiger partial charge in [0.2, 0.25) is 5.91 Å². The van der Waals surface area contributed by atoms with Gasteiger partial charge in [0, 0.05) is 36.8 Å². The van der Waals surface area contributed by atoms with Gasteiger partial charge in [0.25, 0.3) is 5.91 Å². The van der Waals surface area contributed by atoms with Gasteiger partial charge in [0.05, 0.1) is 0 Å². The highest BCUT2D eigenvalue weighted by molar-refractivity contribution is 5.97. The van der Waals surface area contributed by atoms with Gasteiger partial charge in [-0.2, -0.15) is 0 Å². The zero-order chi connectivity index (χ0) is 18.1. The van der Waals surface area contributed by atoms with Gasteiger partial charge in [-0.05, 0) is 49.1 Å². The number of piperidine rings is 1. The molecule has 1 saturated heterocycles. The van der Waals surface area contributed by atoms with E-state index in [0.29, 0.717) is 31.5 Å². The number of hydrogen-bond acceptors (Lipinski definition) is 2. The molecule has 0 aliphatic carbocycles. The van der Waals surface area contributed by atoms with E-state index in [0.717, 1.165) is 18.7 Å². The number of rotatable bonds is 2. The number of benzene rings is 2. The van der Waals surface area contributed by atoms with Crippen LogP contribution in [0.25, 0.3) is 0 Å². The highest BCUT2D eigenvalue weighted by Gasteiger charge is 2.33. The molecule has 4 nitrogen and oxygen atoms in total. The molecule has 1 fully saturated rings. The van der Waals surface area contributed by atoms with E-state index >= 15 is 0 Å². The molecule has 0 saturated carbocycles. The summed E-state index contributed by atoms with van der Waals surface area (Å²) in [5.74, 6) is -0.471. The maximum Gasteiger partial charge on any atom is 0.253 e. The number of nitrogens with zero attached hydrogens (tertiary/aromatic N) is 2. The van der Waals surface area contributed by atoms with Crippen molar-refractivity contribution in [3.63, 3.8) is 0 Å². The molecule has 4 rings (SSSR count). The Hall–Kier alpha value is -2.69. The lowest BCUT2D eigenvalue weighted by molar-refractivity contribution is -0.123. The van der Waals surface area contributed by atoms with Crippen LogP contribution in [0.5, 0.6) is 0 Å². The average molecular weight is 352 g/mol. The van der Waals surface area contributed by atoms with Gasteiger partial charge in [0.15, 0.2) is 0 Å². The van der Waals surface area contributed by atoms with Crippen LogP contribution in [0, 0.1) is 11.7 Å². The molecule has 134 valence electrons. The van der Waals surface area contributed by atoms with E-state index in [1.165, 1.54) is 17.7 Å². The van der Waals surface area contributed by atoms with E-state index < -0.39 is 5.82 Å². The molecule has 0 aromatic heterocycles. The van der Waals surface area contributed by atoms with Crippen molar-refractivity contribution in [2.45, 2.75) is 19.3 Å². The SMILES string of the molecule is O=C(c1cccc(F)c1)N1CCC(C(=O)N2CCc3ccccc32)CC1. The van der Waals surface area contributed by atoms with E-state index in [1.807, 2.05) is 23.1 Å². The first-order valence-electron chi connectivity index (χ1n) is 9.07. The predicted octanol–water partition coefficient (Wildman–Crippen LogP) is 3.27. The molecule has 2 aromatic rings. The van der Waals surface area contributed by atoms with Crippen LogP contribution in [0.3, 0.4) is 0 Å². The normalized spacial score (nSPS) is 17.3. The molecule has 0 N–H and O–H groups in total. The molecule has 0 radical (unpaired) electrons. The van der Waals surface area contributed by atoms with E-state index in [1.54, 1.807) is 17.0 Å². The monoisotopic (exact) mass is 352 g/mol. The number of carbonyl (C=O) groups excluding carboxylic acids is 2. The first kappa shape index (κ1) is 16.8. The van der Waals surface area contributed by atoms with Crippen LogP contribution in [-0.2, 0) is 11.2 Å². The standard InChI is InChI=1S/C21H21FN2O2/c22-18-6-3-5-17(14-18)20(25)23-11-8-16(9-12-23)21(26)24-13-10-15-4-1-2-7-19(15)24/h1-7,14,16H,8-13H2. The highest BCUT2D eigenvalue weighted by atomic mass is 19.1. The third kappa shape index (κ3) is 3.09. The van der Waals surface area contributed by atoms with E-state index in [-0.39, 0.29) is 17.7 Å². The lowest BCUT2D eigenvalue weighted by Gasteiger charge is -2.33. The van der Waals surface area contributed by atoms with Gasteiger partial charge >= 0.3 is 0 Å². The van der Waals surface area contributed by atoms with Crippen molar-refractivity contribution in [3.8, 4) is 0 Å². The molecule has 0 atom stereocenters. The molecular weight excluding hydrogens is 331 g/mol. The number of anilines is 1. The van der Waals surface area contributed by atoms with E-state index in [2.05, 4.69) is 6.07 Å². The van der Waals surface area contributed by atoms with Crippen LogP contribution in [-0.4, -0.2) is 36.3 Å². The fraction of sp³-hybridized carbons (Fsp3) is 0.333. The number of fused-ring (bicyclic) bond motifs is 1. The Labute approximate surface area is 152 Å². The van der Waals surface area contributed by atoms with Crippen LogP contribution < -0.4 is 4.90 Å². The van der Waals surface area contributed by atoms with Gasteiger partial charge in [-0.15, -0.1) is 0 Å². The van der Waals surface area contributed by atoms with Crippen LogP contribution in [0.15, 0.2) is 48.5 Å². The Kier molecular flexibility index (Phi) is 4.45. The summed E-state index contributed by atoms with van der Waals surface area (Å²) >= 11 is 0. The summed E-state index contributed by atoms with van der Waals surface area (Å²) in [7, 11) is 0. The van der Waals surface area contributed by atoms with Crippen molar-refractivity contribution in [3.05, 3.63) is 65.5 Å². The number of para-hydroxylation sites is 1. The lowest BCUT2D eigenvalue weighted by atomic mass is 9.94. The molecule has 2 aromatic carbocycles. The van der Waals surface area contributed by atoms with E-state index in [4.69, 9.17) is 0 Å². The van der Waals surface area contributed by atoms with Gasteiger partial charge in [0.1, 0.15) is 5.82 Å².